The molecule has 0 fully saturated rings. The number of anilines is 1. The van der Waals surface area contributed by atoms with Gasteiger partial charge in [0.1, 0.15) is 17.6 Å². The number of carbonyl (C=O) groups is 1. The van der Waals surface area contributed by atoms with Crippen molar-refractivity contribution in [2.75, 3.05) is 11.9 Å². The van der Waals surface area contributed by atoms with E-state index in [0.29, 0.717) is 40.3 Å². The second kappa shape index (κ2) is 10.1. The van der Waals surface area contributed by atoms with Crippen LogP contribution in [0.15, 0.2) is 65.0 Å². The largest absolute Gasteiger partial charge is 0.508 e. The lowest BCUT2D eigenvalue weighted by atomic mass is 9.96. The van der Waals surface area contributed by atoms with E-state index >= 15 is 0 Å². The molecule has 2 heterocycles. The van der Waals surface area contributed by atoms with E-state index in [4.69, 9.17) is 4.74 Å². The zero-order valence-corrected chi connectivity index (χ0v) is 19.2. The highest BCUT2D eigenvalue weighted by atomic mass is 32.2. The Kier molecular flexibility index (Phi) is 6.98. The van der Waals surface area contributed by atoms with Crippen LogP contribution < -0.4 is 5.32 Å². The van der Waals surface area contributed by atoms with Crippen molar-refractivity contribution in [2.24, 2.45) is 0 Å². The zero-order valence-electron chi connectivity index (χ0n) is 18.4. The summed E-state index contributed by atoms with van der Waals surface area (Å²) in [4.78, 5) is 17.6. The molecule has 4 rings (SSSR count). The van der Waals surface area contributed by atoms with Crippen molar-refractivity contribution in [3.8, 4) is 5.75 Å². The van der Waals surface area contributed by atoms with E-state index in [0.717, 1.165) is 18.4 Å². The molecule has 2 N–H and O–H groups in total. The van der Waals surface area contributed by atoms with E-state index in [1.807, 2.05) is 6.92 Å². The zero-order chi connectivity index (χ0) is 23.4. The number of phenolic OH excluding ortho intramolecular Hbond substituents is 1. The maximum absolute atomic E-state index is 14.0. The van der Waals surface area contributed by atoms with Gasteiger partial charge in [0.2, 0.25) is 11.1 Å². The molecule has 0 radical (unpaired) electrons. The Morgan fingerprint density at radius 1 is 1.24 bits per heavy atom. The minimum absolute atomic E-state index is 0.125. The average Bonchev–Trinajstić information content (AvgIpc) is 3.20. The second-order valence-electron chi connectivity index (χ2n) is 7.69. The number of nitrogens with zero attached hydrogens (tertiary/aromatic N) is 3. The number of nitrogens with one attached hydrogen (secondary N) is 1. The molecule has 7 nitrogen and oxygen atoms in total. The number of phenols is 1. The predicted molar refractivity (Wildman–Crippen MR) is 124 cm³/mol. The first-order valence-corrected chi connectivity index (χ1v) is 11.7. The first-order chi connectivity index (χ1) is 16.0. The second-order valence-corrected chi connectivity index (χ2v) is 8.63. The quantitative estimate of drug-likeness (QED) is 0.272. The number of fused-ring (bicyclic) bond motifs is 1. The van der Waals surface area contributed by atoms with Crippen molar-refractivity contribution in [3.63, 3.8) is 0 Å². The third-order valence-electron chi connectivity index (χ3n) is 5.31. The molecule has 1 aliphatic heterocycles. The number of hydrogen-bond donors (Lipinski definition) is 2. The molecule has 0 bridgehead atoms. The summed E-state index contributed by atoms with van der Waals surface area (Å²) >= 11 is 1.31. The summed E-state index contributed by atoms with van der Waals surface area (Å²) in [6, 6.07) is 12.6. The summed E-state index contributed by atoms with van der Waals surface area (Å²) in [7, 11) is 0. The highest BCUT2D eigenvalue weighted by Gasteiger charge is 2.35. The van der Waals surface area contributed by atoms with Gasteiger partial charge in [0.25, 0.3) is 0 Å². The molecule has 1 unspecified atom stereocenters. The van der Waals surface area contributed by atoms with Gasteiger partial charge >= 0.3 is 5.97 Å². The summed E-state index contributed by atoms with van der Waals surface area (Å²) in [5.41, 5.74) is 2.38. The van der Waals surface area contributed by atoms with Gasteiger partial charge in [0.05, 0.1) is 12.2 Å². The molecule has 1 aliphatic rings. The number of hydrogen-bond acceptors (Lipinski definition) is 7. The summed E-state index contributed by atoms with van der Waals surface area (Å²) in [5, 5.41) is 18.0. The van der Waals surface area contributed by atoms with Crippen LogP contribution in [0.2, 0.25) is 0 Å². The number of carbonyl (C=O) groups excluding carboxylic acids is 1. The third-order valence-corrected chi connectivity index (χ3v) is 6.19. The Hall–Kier alpha value is -3.33. The maximum atomic E-state index is 14.0. The number of thioether (sulfide) groups is 1. The van der Waals surface area contributed by atoms with Crippen molar-refractivity contribution < 1.29 is 19.0 Å². The summed E-state index contributed by atoms with van der Waals surface area (Å²) < 4.78 is 21.2. The normalized spacial score (nSPS) is 15.2. The first kappa shape index (κ1) is 22.8. The molecule has 3 aromatic rings. The van der Waals surface area contributed by atoms with Crippen LogP contribution in [0.3, 0.4) is 0 Å². The van der Waals surface area contributed by atoms with Gasteiger partial charge in [-0.15, -0.1) is 5.10 Å². The SMILES string of the molecule is CCCCOC(=O)C1=C(C)Nc2nc(SCc3ccccc3F)nn2C1c1ccc(O)cc1. The monoisotopic (exact) mass is 468 g/mol. The maximum Gasteiger partial charge on any atom is 0.338 e. The molecule has 2 aromatic carbocycles. The van der Waals surface area contributed by atoms with Crippen molar-refractivity contribution in [3.05, 3.63) is 76.7 Å². The minimum atomic E-state index is -0.578. The van der Waals surface area contributed by atoms with Gasteiger partial charge in [-0.1, -0.05) is 55.4 Å². The Balaban J connectivity index is 1.66. The lowest BCUT2D eigenvalue weighted by Gasteiger charge is -2.28. The summed E-state index contributed by atoms with van der Waals surface area (Å²) in [5.74, 6) is 0.280. The van der Waals surface area contributed by atoms with Crippen LogP contribution in [0.5, 0.6) is 5.75 Å². The smallest absolute Gasteiger partial charge is 0.338 e. The third kappa shape index (κ3) is 5.03. The Morgan fingerprint density at radius 2 is 2.00 bits per heavy atom. The molecule has 0 aliphatic carbocycles. The van der Waals surface area contributed by atoms with E-state index in [-0.39, 0.29) is 11.6 Å². The highest BCUT2D eigenvalue weighted by Crippen LogP contribution is 2.37. The van der Waals surface area contributed by atoms with Crippen LogP contribution in [0.25, 0.3) is 0 Å². The van der Waals surface area contributed by atoms with Gasteiger partial charge in [-0.2, -0.15) is 4.98 Å². The number of ether oxygens (including phenoxy) is 1. The Labute approximate surface area is 195 Å². The molecule has 0 spiro atoms. The van der Waals surface area contributed by atoms with Gasteiger partial charge in [-0.25, -0.2) is 13.9 Å². The van der Waals surface area contributed by atoms with Crippen molar-refractivity contribution in [1.29, 1.82) is 0 Å². The molecule has 0 saturated carbocycles. The molecule has 1 aromatic heterocycles. The molecule has 9 heteroatoms. The van der Waals surface area contributed by atoms with Crippen LogP contribution in [0.4, 0.5) is 10.3 Å². The van der Waals surface area contributed by atoms with Gasteiger partial charge in [-0.05, 0) is 42.7 Å². The number of halogens is 1. The van der Waals surface area contributed by atoms with Crippen molar-refractivity contribution in [2.45, 2.75) is 43.6 Å². The minimum Gasteiger partial charge on any atom is -0.508 e. The molecular weight excluding hydrogens is 443 g/mol. The van der Waals surface area contributed by atoms with Crippen LogP contribution in [0, 0.1) is 5.82 Å². The van der Waals surface area contributed by atoms with E-state index in [1.54, 1.807) is 54.1 Å². The fraction of sp³-hybridized carbons (Fsp3) is 0.292. The van der Waals surface area contributed by atoms with Gasteiger partial charge in [0, 0.05) is 11.4 Å². The van der Waals surface area contributed by atoms with E-state index < -0.39 is 12.0 Å². The van der Waals surface area contributed by atoms with Gasteiger partial charge < -0.3 is 15.2 Å². The topological polar surface area (TPSA) is 89.3 Å². The van der Waals surface area contributed by atoms with Crippen molar-refractivity contribution >= 4 is 23.7 Å². The van der Waals surface area contributed by atoms with Crippen LogP contribution in [-0.2, 0) is 15.3 Å². The number of allylic oxidation sites excluding steroid dienone is 1. The molecule has 33 heavy (non-hydrogen) atoms. The molecular formula is C24H25FN4O3S. The number of esters is 1. The van der Waals surface area contributed by atoms with Crippen LogP contribution in [0.1, 0.15) is 43.9 Å². The highest BCUT2D eigenvalue weighted by molar-refractivity contribution is 7.98. The number of benzene rings is 2. The summed E-state index contributed by atoms with van der Waals surface area (Å²) in [6.45, 7) is 4.17. The Morgan fingerprint density at radius 3 is 2.73 bits per heavy atom. The fourth-order valence-corrected chi connectivity index (χ4v) is 4.38. The van der Waals surface area contributed by atoms with E-state index in [1.165, 1.54) is 17.8 Å². The number of aromatic hydroxyl groups is 1. The average molecular weight is 469 g/mol. The van der Waals surface area contributed by atoms with Crippen LogP contribution in [-0.4, -0.2) is 32.4 Å². The number of aromatic nitrogens is 3. The lowest BCUT2D eigenvalue weighted by molar-refractivity contribution is -0.139. The van der Waals surface area contributed by atoms with Gasteiger partial charge in [-0.3, -0.25) is 0 Å². The molecule has 1 atom stereocenters. The number of rotatable bonds is 8. The van der Waals surface area contributed by atoms with E-state index in [2.05, 4.69) is 15.4 Å². The lowest BCUT2D eigenvalue weighted by Crippen LogP contribution is -2.29. The molecule has 0 amide bonds. The van der Waals surface area contributed by atoms with E-state index in [9.17, 15) is 14.3 Å². The summed E-state index contributed by atoms with van der Waals surface area (Å²) in [6.07, 6.45) is 1.70. The Bertz CT molecular complexity index is 1180. The van der Waals surface area contributed by atoms with Crippen molar-refractivity contribution in [1.82, 2.24) is 14.8 Å². The standard InChI is InChI=1S/C24H25FN4O3S/c1-3-4-13-32-22(31)20-15(2)26-23-27-24(33-14-17-7-5-6-8-19(17)25)28-29(23)21(20)16-9-11-18(30)12-10-16/h5-12,21,30H,3-4,13-14H2,1-2H3,(H,26,27,28). The molecule has 0 saturated heterocycles. The number of unbranched alkanes of at least 4 members (excludes halogenated alkanes) is 1. The first-order valence-electron chi connectivity index (χ1n) is 10.7. The predicted octanol–water partition coefficient (Wildman–Crippen LogP) is 5.05. The molecule has 172 valence electrons. The van der Waals surface area contributed by atoms with Crippen LogP contribution >= 0.6 is 11.8 Å². The van der Waals surface area contributed by atoms with Gasteiger partial charge in [0.15, 0.2) is 0 Å². The fourth-order valence-electron chi connectivity index (χ4n) is 3.57.